The van der Waals surface area contributed by atoms with E-state index in [9.17, 15) is 18.4 Å². The lowest BCUT2D eigenvalue weighted by Crippen LogP contribution is -2.33. The third-order valence-electron chi connectivity index (χ3n) is 4.58. The van der Waals surface area contributed by atoms with Crippen LogP contribution in [0.2, 0.25) is 0 Å². The normalized spacial score (nSPS) is 16.9. The van der Waals surface area contributed by atoms with Crippen molar-refractivity contribution in [3.8, 4) is 5.75 Å². The Hall–Kier alpha value is -3.09. The molecule has 0 spiro atoms. The first-order valence-electron chi connectivity index (χ1n) is 8.74. The molecule has 7 heteroatoms. The number of Topliss-reactive ketones (excluding diaryl/α,β-unsaturated/α-hetero) is 1. The fourth-order valence-corrected chi connectivity index (χ4v) is 3.10. The first-order valence-corrected chi connectivity index (χ1v) is 8.74. The van der Waals surface area contributed by atoms with Crippen LogP contribution in [0.5, 0.6) is 5.75 Å². The van der Waals surface area contributed by atoms with E-state index in [0.717, 1.165) is 6.92 Å². The van der Waals surface area contributed by atoms with Gasteiger partial charge in [-0.3, -0.25) is 9.59 Å². The van der Waals surface area contributed by atoms with Crippen molar-refractivity contribution in [2.24, 2.45) is 11.0 Å². The van der Waals surface area contributed by atoms with Crippen LogP contribution in [0, 0.1) is 5.92 Å². The Morgan fingerprint density at radius 3 is 2.50 bits per heavy atom. The zero-order valence-corrected chi connectivity index (χ0v) is 15.8. The highest BCUT2D eigenvalue weighted by Gasteiger charge is 2.39. The Morgan fingerprint density at radius 1 is 1.21 bits per heavy atom. The minimum absolute atomic E-state index is 0.121. The minimum atomic E-state index is -3.00. The van der Waals surface area contributed by atoms with Crippen molar-refractivity contribution in [3.05, 3.63) is 59.7 Å². The number of alkyl halides is 2. The van der Waals surface area contributed by atoms with E-state index in [2.05, 4.69) is 5.10 Å². The summed E-state index contributed by atoms with van der Waals surface area (Å²) < 4.78 is 32.1. The van der Waals surface area contributed by atoms with Gasteiger partial charge in [-0.2, -0.15) is 10.1 Å². The molecule has 0 aromatic heterocycles. The van der Waals surface area contributed by atoms with Crippen molar-refractivity contribution in [1.82, 2.24) is 0 Å². The second-order valence-corrected chi connectivity index (χ2v) is 6.75. The molecule has 1 aliphatic heterocycles. The Balaban J connectivity index is 1.77. The highest BCUT2D eigenvalue weighted by atomic mass is 19.3. The molecule has 28 heavy (non-hydrogen) atoms. The topological polar surface area (TPSA) is 59.0 Å². The highest BCUT2D eigenvalue weighted by Crippen LogP contribution is 2.29. The number of carbonyl (C=O) groups excluding carboxylic acids is 2. The van der Waals surface area contributed by atoms with E-state index in [1.807, 2.05) is 0 Å². The third-order valence-corrected chi connectivity index (χ3v) is 4.58. The first-order chi connectivity index (χ1) is 13.2. The number of hydrogen-bond donors (Lipinski definition) is 0. The number of carbonyl (C=O) groups is 2. The first kappa shape index (κ1) is 19.7. The van der Waals surface area contributed by atoms with E-state index in [0.29, 0.717) is 22.7 Å². The molecule has 1 atom stereocenters. The van der Waals surface area contributed by atoms with Gasteiger partial charge < -0.3 is 4.74 Å². The summed E-state index contributed by atoms with van der Waals surface area (Å²) in [6.45, 7) is 2.42. The lowest BCUT2D eigenvalue weighted by atomic mass is 9.93. The number of methoxy groups -OCH3 is 1. The standard InChI is InChI=1S/C21H20F2N2O3/c1-13-19(18(26)12-14-5-4-6-15(11-14)21(2,22)23)20(27)25(24-13)16-7-9-17(28-3)10-8-16/h4-11,19H,12H2,1-3H3. The molecule has 0 aliphatic carbocycles. The van der Waals surface area contributed by atoms with Crippen LogP contribution in [-0.4, -0.2) is 24.5 Å². The molecular formula is C21H20F2N2O3. The van der Waals surface area contributed by atoms with Crippen LogP contribution in [0.25, 0.3) is 0 Å². The molecule has 0 saturated heterocycles. The maximum absolute atomic E-state index is 13.5. The average Bonchev–Trinajstić information content (AvgIpc) is 2.95. The number of halogens is 2. The Kier molecular flexibility index (Phi) is 5.27. The van der Waals surface area contributed by atoms with Gasteiger partial charge in [-0.1, -0.05) is 18.2 Å². The fraction of sp³-hybridized carbons (Fsp3) is 0.286. The molecule has 0 radical (unpaired) electrons. The van der Waals surface area contributed by atoms with Gasteiger partial charge in [0.2, 0.25) is 0 Å². The van der Waals surface area contributed by atoms with Gasteiger partial charge in [0.15, 0.2) is 5.78 Å². The van der Waals surface area contributed by atoms with Crippen molar-refractivity contribution in [1.29, 1.82) is 0 Å². The van der Waals surface area contributed by atoms with Gasteiger partial charge in [-0.25, -0.2) is 8.78 Å². The second kappa shape index (κ2) is 7.50. The quantitative estimate of drug-likeness (QED) is 0.706. The summed E-state index contributed by atoms with van der Waals surface area (Å²) in [7, 11) is 1.54. The predicted octanol–water partition coefficient (Wildman–Crippen LogP) is 3.96. The summed E-state index contributed by atoms with van der Waals surface area (Å²) in [5.74, 6) is -4.21. The molecular weight excluding hydrogens is 366 g/mol. The molecule has 1 unspecified atom stereocenters. The number of nitrogens with zero attached hydrogens (tertiary/aromatic N) is 2. The van der Waals surface area contributed by atoms with Gasteiger partial charge in [0.05, 0.1) is 18.5 Å². The maximum Gasteiger partial charge on any atom is 0.270 e. The van der Waals surface area contributed by atoms with Crippen molar-refractivity contribution < 1.29 is 23.1 Å². The number of amides is 1. The zero-order chi connectivity index (χ0) is 20.5. The molecule has 0 bridgehead atoms. The average molecular weight is 386 g/mol. The van der Waals surface area contributed by atoms with Crippen LogP contribution < -0.4 is 9.75 Å². The molecule has 1 heterocycles. The predicted molar refractivity (Wildman–Crippen MR) is 102 cm³/mol. The van der Waals surface area contributed by atoms with E-state index in [1.165, 1.54) is 30.3 Å². The van der Waals surface area contributed by atoms with Gasteiger partial charge in [0.25, 0.3) is 11.8 Å². The van der Waals surface area contributed by atoms with E-state index < -0.39 is 17.7 Å². The number of rotatable bonds is 6. The number of anilines is 1. The maximum atomic E-state index is 13.5. The summed E-state index contributed by atoms with van der Waals surface area (Å²) in [5, 5.41) is 5.40. The Labute approximate surface area is 161 Å². The molecule has 0 N–H and O–H groups in total. The van der Waals surface area contributed by atoms with Gasteiger partial charge in [-0.15, -0.1) is 0 Å². The third kappa shape index (κ3) is 3.93. The van der Waals surface area contributed by atoms with Crippen LogP contribution in [0.4, 0.5) is 14.5 Å². The molecule has 0 fully saturated rings. The second-order valence-electron chi connectivity index (χ2n) is 6.75. The number of hydrogen-bond acceptors (Lipinski definition) is 4. The summed E-state index contributed by atoms with van der Waals surface area (Å²) in [6, 6.07) is 12.4. The van der Waals surface area contributed by atoms with Crippen LogP contribution in [0.1, 0.15) is 25.0 Å². The van der Waals surface area contributed by atoms with E-state index in [1.54, 1.807) is 37.3 Å². The number of ether oxygens (including phenoxy) is 1. The Bertz CT molecular complexity index is 933. The number of hydrazone groups is 1. The molecule has 3 rings (SSSR count). The monoisotopic (exact) mass is 386 g/mol. The molecule has 1 aliphatic rings. The molecule has 2 aromatic carbocycles. The molecule has 2 aromatic rings. The smallest absolute Gasteiger partial charge is 0.270 e. The highest BCUT2D eigenvalue weighted by molar-refractivity contribution is 6.27. The van der Waals surface area contributed by atoms with E-state index in [-0.39, 0.29) is 17.8 Å². The van der Waals surface area contributed by atoms with Crippen LogP contribution >= 0.6 is 0 Å². The van der Waals surface area contributed by atoms with Gasteiger partial charge in [-0.05, 0) is 42.8 Å². The lowest BCUT2D eigenvalue weighted by Gasteiger charge is -2.15. The van der Waals surface area contributed by atoms with Crippen molar-refractivity contribution >= 4 is 23.1 Å². The molecule has 5 nitrogen and oxygen atoms in total. The van der Waals surface area contributed by atoms with Crippen molar-refractivity contribution in [2.45, 2.75) is 26.2 Å². The summed E-state index contributed by atoms with van der Waals surface area (Å²) in [6.07, 6.45) is -0.121. The van der Waals surface area contributed by atoms with Crippen molar-refractivity contribution in [2.75, 3.05) is 12.1 Å². The number of ketones is 1. The molecule has 0 saturated carbocycles. The van der Waals surface area contributed by atoms with Crippen molar-refractivity contribution in [3.63, 3.8) is 0 Å². The SMILES string of the molecule is COc1ccc(N2N=C(C)C(C(=O)Cc3cccc(C(C)(F)F)c3)C2=O)cc1. The van der Waals surface area contributed by atoms with Crippen LogP contribution in [-0.2, 0) is 21.9 Å². The fourth-order valence-electron chi connectivity index (χ4n) is 3.10. The minimum Gasteiger partial charge on any atom is -0.497 e. The van der Waals surface area contributed by atoms with Gasteiger partial charge >= 0.3 is 0 Å². The summed E-state index contributed by atoms with van der Waals surface area (Å²) in [4.78, 5) is 25.5. The van der Waals surface area contributed by atoms with Crippen LogP contribution in [0.15, 0.2) is 53.6 Å². The van der Waals surface area contributed by atoms with E-state index >= 15 is 0 Å². The van der Waals surface area contributed by atoms with E-state index in [4.69, 9.17) is 4.74 Å². The van der Waals surface area contributed by atoms with Crippen LogP contribution in [0.3, 0.4) is 0 Å². The lowest BCUT2D eigenvalue weighted by molar-refractivity contribution is -0.128. The van der Waals surface area contributed by atoms with Gasteiger partial charge in [0.1, 0.15) is 11.7 Å². The largest absolute Gasteiger partial charge is 0.497 e. The Morgan fingerprint density at radius 2 is 1.89 bits per heavy atom. The number of benzene rings is 2. The van der Waals surface area contributed by atoms with Gasteiger partial charge in [0, 0.05) is 18.9 Å². The summed E-state index contributed by atoms with van der Waals surface area (Å²) >= 11 is 0. The molecule has 1 amide bonds. The summed E-state index contributed by atoms with van der Waals surface area (Å²) in [5.41, 5.74) is 1.17. The zero-order valence-electron chi connectivity index (χ0n) is 15.8. The molecule has 146 valence electrons.